The highest BCUT2D eigenvalue weighted by Crippen LogP contribution is 2.44. The van der Waals surface area contributed by atoms with Crippen LogP contribution in [0.25, 0.3) is 11.1 Å². The van der Waals surface area contributed by atoms with E-state index in [0.29, 0.717) is 24.7 Å². The Morgan fingerprint density at radius 3 is 2.26 bits per heavy atom. The van der Waals surface area contributed by atoms with Crippen molar-refractivity contribution in [2.24, 2.45) is 0 Å². The molecule has 2 atom stereocenters. The van der Waals surface area contributed by atoms with Gasteiger partial charge in [-0.2, -0.15) is 4.98 Å². The number of aromatic nitrogens is 2. The molecule has 3 aromatic carbocycles. The van der Waals surface area contributed by atoms with Crippen LogP contribution in [0.2, 0.25) is 5.02 Å². The van der Waals surface area contributed by atoms with Crippen LogP contribution in [0.3, 0.4) is 0 Å². The van der Waals surface area contributed by atoms with Crippen molar-refractivity contribution < 1.29 is 13.7 Å². The zero-order valence-electron chi connectivity index (χ0n) is 25.6. The monoisotopic (exact) mass is 653 g/mol. The van der Waals surface area contributed by atoms with Crippen molar-refractivity contribution in [2.45, 2.75) is 42.5 Å². The molecule has 1 aromatic heterocycles. The molecule has 236 valence electrons. The minimum absolute atomic E-state index is 0.0336. The largest absolute Gasteiger partial charge is 0.465 e. The van der Waals surface area contributed by atoms with Gasteiger partial charge in [-0.15, -0.1) is 0 Å². The molecule has 8 rings (SSSR count). The summed E-state index contributed by atoms with van der Waals surface area (Å²) in [5.41, 5.74) is 6.88. The third-order valence-electron chi connectivity index (χ3n) is 9.84. The summed E-state index contributed by atoms with van der Waals surface area (Å²) in [7, 11) is -1.15. The molecule has 2 fully saturated rings. The molecule has 0 N–H and O–H groups in total. The second-order valence-electron chi connectivity index (χ2n) is 12.5. The lowest BCUT2D eigenvalue weighted by atomic mass is 9.98. The first-order valence-electron chi connectivity index (χ1n) is 16.2. The molecular formula is C36H36ClN5O3S. The molecule has 1 unspecified atom stereocenters. The quantitative estimate of drug-likeness (QED) is 0.231. The van der Waals surface area contributed by atoms with E-state index in [9.17, 15) is 9.00 Å². The number of benzene rings is 3. The van der Waals surface area contributed by atoms with Crippen LogP contribution < -0.4 is 14.7 Å². The Morgan fingerprint density at radius 2 is 1.54 bits per heavy atom. The second-order valence-corrected chi connectivity index (χ2v) is 14.4. The maximum absolute atomic E-state index is 13.4. The predicted molar refractivity (Wildman–Crippen MR) is 183 cm³/mol. The maximum Gasteiger partial charge on any atom is 0.307 e. The number of halogens is 1. The van der Waals surface area contributed by atoms with Crippen molar-refractivity contribution in [1.82, 2.24) is 9.97 Å². The smallest absolute Gasteiger partial charge is 0.307 e. The van der Waals surface area contributed by atoms with E-state index in [1.165, 1.54) is 22.3 Å². The molecule has 4 aliphatic rings. The van der Waals surface area contributed by atoms with Crippen LogP contribution in [-0.2, 0) is 26.8 Å². The lowest BCUT2D eigenvalue weighted by Crippen LogP contribution is -2.47. The van der Waals surface area contributed by atoms with Crippen molar-refractivity contribution in [3.05, 3.63) is 94.6 Å². The molecule has 8 nitrogen and oxygen atoms in total. The van der Waals surface area contributed by atoms with Crippen LogP contribution in [0.15, 0.2) is 77.7 Å². The van der Waals surface area contributed by atoms with E-state index in [4.69, 9.17) is 26.3 Å². The third-order valence-corrected chi connectivity index (χ3v) is 11.5. The molecular weight excluding hydrogens is 618 g/mol. The third kappa shape index (κ3) is 5.43. The number of hydrogen-bond donors (Lipinski definition) is 0. The fraction of sp³-hybridized carbons (Fsp3) is 0.361. The summed E-state index contributed by atoms with van der Waals surface area (Å²) < 4.78 is 19.2. The minimum Gasteiger partial charge on any atom is -0.465 e. The van der Waals surface area contributed by atoms with Crippen LogP contribution >= 0.6 is 11.6 Å². The lowest BCUT2D eigenvalue weighted by Gasteiger charge is -2.37. The van der Waals surface area contributed by atoms with Crippen LogP contribution in [0, 0.1) is 0 Å². The van der Waals surface area contributed by atoms with Crippen LogP contribution in [-0.4, -0.2) is 71.3 Å². The number of aryl methyl sites for hydroxylation is 1. The summed E-state index contributed by atoms with van der Waals surface area (Å²) >= 11 is 6.10. The Balaban J connectivity index is 0.976. The van der Waals surface area contributed by atoms with Gasteiger partial charge in [-0.25, -0.2) is 4.98 Å². The number of ether oxygens (including phenoxy) is 1. The summed E-state index contributed by atoms with van der Waals surface area (Å²) in [6.45, 7) is 4.35. The first kappa shape index (κ1) is 29.5. The molecule has 0 radical (unpaired) electrons. The van der Waals surface area contributed by atoms with Gasteiger partial charge in [0.05, 0.1) is 22.9 Å². The van der Waals surface area contributed by atoms with E-state index in [-0.39, 0.29) is 24.3 Å². The molecule has 2 saturated heterocycles. The Labute approximate surface area is 276 Å². The Bertz CT molecular complexity index is 1760. The van der Waals surface area contributed by atoms with Crippen molar-refractivity contribution in [1.29, 1.82) is 0 Å². The summed E-state index contributed by atoms with van der Waals surface area (Å²) in [5.74, 6) is 1.82. The maximum atomic E-state index is 13.4. The SMILES string of the molecule is O=C(C[C@@H]1CCCN1c1nc(N2CCN(c3ccc(Cl)cc3)CC2)nc2c1S(=O)CC2)OCC1c2ccccc2-c2ccccc21. The van der Waals surface area contributed by atoms with E-state index in [0.717, 1.165) is 72.7 Å². The summed E-state index contributed by atoms with van der Waals surface area (Å²) in [6.07, 6.45) is 2.77. The number of anilines is 3. The molecule has 1 aliphatic carbocycles. The van der Waals surface area contributed by atoms with E-state index < -0.39 is 10.8 Å². The van der Waals surface area contributed by atoms with Gasteiger partial charge in [-0.1, -0.05) is 60.1 Å². The summed E-state index contributed by atoms with van der Waals surface area (Å²) in [6, 6.07) is 24.7. The standard InChI is InChI=1S/C36H36ClN5O3S/c37-24-11-13-25(14-12-24)40-17-19-41(20-18-40)36-38-32-15-21-46(44)34(32)35(39-36)42-16-5-6-26(42)22-33(43)45-23-31-29-9-3-1-7-27(29)28-8-2-4-10-30(28)31/h1-4,7-14,26,31H,5-6,15-23H2/t26-,46?/m0/s1. The minimum atomic E-state index is -1.15. The topological polar surface area (TPSA) is 78.9 Å². The molecule has 0 spiro atoms. The van der Waals surface area contributed by atoms with Gasteiger partial charge in [0.1, 0.15) is 11.5 Å². The molecule has 0 amide bonds. The number of nitrogens with zero attached hydrogens (tertiary/aromatic N) is 5. The average molecular weight is 654 g/mol. The molecule has 0 saturated carbocycles. The van der Waals surface area contributed by atoms with Gasteiger partial charge in [-0.05, 0) is 59.4 Å². The normalized spacial score (nSPS) is 20.5. The molecule has 4 heterocycles. The zero-order chi connectivity index (χ0) is 31.2. The highest BCUT2D eigenvalue weighted by atomic mass is 35.5. The van der Waals surface area contributed by atoms with Crippen molar-refractivity contribution in [2.75, 3.05) is 59.8 Å². The highest BCUT2D eigenvalue weighted by molar-refractivity contribution is 7.85. The van der Waals surface area contributed by atoms with Crippen LogP contribution in [0.5, 0.6) is 0 Å². The van der Waals surface area contributed by atoms with Gasteiger partial charge in [0, 0.05) is 67.6 Å². The molecule has 4 aromatic rings. The number of carbonyl (C=O) groups excluding carboxylic acids is 1. The molecule has 46 heavy (non-hydrogen) atoms. The first-order valence-corrected chi connectivity index (χ1v) is 17.9. The second kappa shape index (κ2) is 12.3. The van der Waals surface area contributed by atoms with Crippen LogP contribution in [0.4, 0.5) is 17.5 Å². The Kier molecular flexibility index (Phi) is 7.90. The van der Waals surface area contributed by atoms with Gasteiger partial charge >= 0.3 is 5.97 Å². The van der Waals surface area contributed by atoms with Gasteiger partial charge in [0.25, 0.3) is 0 Å². The van der Waals surface area contributed by atoms with E-state index in [1.807, 2.05) is 24.3 Å². The van der Waals surface area contributed by atoms with Gasteiger partial charge < -0.3 is 19.4 Å². The number of hydrogen-bond acceptors (Lipinski definition) is 8. The first-order chi connectivity index (χ1) is 22.5. The number of piperazine rings is 1. The van der Waals surface area contributed by atoms with Gasteiger partial charge in [0.15, 0.2) is 5.82 Å². The zero-order valence-corrected chi connectivity index (χ0v) is 27.2. The molecule has 3 aliphatic heterocycles. The van der Waals surface area contributed by atoms with Crippen molar-refractivity contribution in [3.8, 4) is 11.1 Å². The Hall–Kier alpha value is -3.95. The van der Waals surface area contributed by atoms with E-state index in [2.05, 4.69) is 63.2 Å². The molecule has 10 heteroatoms. The van der Waals surface area contributed by atoms with E-state index >= 15 is 0 Å². The average Bonchev–Trinajstić information content (AvgIpc) is 3.79. The van der Waals surface area contributed by atoms with Gasteiger partial charge in [0.2, 0.25) is 5.95 Å². The number of fused-ring (bicyclic) bond motifs is 4. The summed E-state index contributed by atoms with van der Waals surface area (Å²) in [5, 5.41) is 0.734. The van der Waals surface area contributed by atoms with Crippen LogP contribution in [0.1, 0.15) is 42.0 Å². The predicted octanol–water partition coefficient (Wildman–Crippen LogP) is 5.83. The van der Waals surface area contributed by atoms with E-state index in [1.54, 1.807) is 0 Å². The summed E-state index contributed by atoms with van der Waals surface area (Å²) in [4.78, 5) is 30.9. The number of carbonyl (C=O) groups is 1. The fourth-order valence-corrected chi connectivity index (χ4v) is 9.00. The lowest BCUT2D eigenvalue weighted by molar-refractivity contribution is -0.144. The number of esters is 1. The van der Waals surface area contributed by atoms with Crippen molar-refractivity contribution in [3.63, 3.8) is 0 Å². The fourth-order valence-electron chi connectivity index (χ4n) is 7.51. The number of rotatable bonds is 7. The Morgan fingerprint density at radius 1 is 0.870 bits per heavy atom. The molecule has 0 bridgehead atoms. The highest BCUT2D eigenvalue weighted by Gasteiger charge is 2.36. The van der Waals surface area contributed by atoms with Crippen molar-refractivity contribution >= 4 is 45.8 Å². The van der Waals surface area contributed by atoms with Gasteiger partial charge in [-0.3, -0.25) is 9.00 Å².